The molecule has 1 aromatic carbocycles. The summed E-state index contributed by atoms with van der Waals surface area (Å²) >= 11 is 0. The van der Waals surface area contributed by atoms with Gasteiger partial charge in [-0.1, -0.05) is 32.0 Å². The van der Waals surface area contributed by atoms with Crippen LogP contribution >= 0.6 is 0 Å². The number of aromatic nitrogens is 2. The summed E-state index contributed by atoms with van der Waals surface area (Å²) in [4.78, 5) is 13.1. The van der Waals surface area contributed by atoms with Gasteiger partial charge in [-0.3, -0.25) is 9.48 Å². The van der Waals surface area contributed by atoms with E-state index in [1.165, 1.54) is 6.07 Å². The topological polar surface area (TPSA) is 59.0 Å². The monoisotopic (exact) mass is 394 g/mol. The van der Waals surface area contributed by atoms with Crippen molar-refractivity contribution in [2.75, 3.05) is 19.6 Å². The molecule has 2 N–H and O–H groups in total. The molecule has 5 nitrogen and oxygen atoms in total. The Labute approximate surface area is 162 Å². The molecule has 0 aliphatic carbocycles. The Morgan fingerprint density at radius 2 is 1.89 bits per heavy atom. The molecule has 1 saturated heterocycles. The number of amides is 1. The maximum absolute atomic E-state index is 13.1. The van der Waals surface area contributed by atoms with E-state index in [4.69, 9.17) is 0 Å². The SMILES string of the molecule is CC(C)(CNC(=O)C1(n2cccn2)CCNCC1)c1cccc(C(F)(F)F)c1. The van der Waals surface area contributed by atoms with E-state index in [1.54, 1.807) is 29.2 Å². The number of nitrogens with zero attached hydrogens (tertiary/aromatic N) is 2. The fraction of sp³-hybridized carbons (Fsp3) is 0.500. The molecule has 0 spiro atoms. The maximum atomic E-state index is 13.1. The molecule has 0 bridgehead atoms. The lowest BCUT2D eigenvalue weighted by atomic mass is 9.82. The van der Waals surface area contributed by atoms with E-state index in [2.05, 4.69) is 15.7 Å². The van der Waals surface area contributed by atoms with E-state index in [1.807, 2.05) is 13.8 Å². The second-order valence-electron chi connectivity index (χ2n) is 7.88. The highest BCUT2D eigenvalue weighted by Gasteiger charge is 2.42. The number of carbonyl (C=O) groups is 1. The van der Waals surface area contributed by atoms with Gasteiger partial charge in [0, 0.05) is 24.4 Å². The fourth-order valence-corrected chi connectivity index (χ4v) is 3.61. The number of nitrogens with one attached hydrogen (secondary N) is 2. The van der Waals surface area contributed by atoms with Crippen LogP contribution < -0.4 is 10.6 Å². The molecule has 0 saturated carbocycles. The molecule has 0 unspecified atom stereocenters. The minimum Gasteiger partial charge on any atom is -0.353 e. The highest BCUT2D eigenvalue weighted by Crippen LogP contribution is 2.33. The van der Waals surface area contributed by atoms with Crippen LogP contribution in [0.3, 0.4) is 0 Å². The summed E-state index contributed by atoms with van der Waals surface area (Å²) in [6.07, 6.45) is 0.232. The molecular weight excluding hydrogens is 369 g/mol. The van der Waals surface area contributed by atoms with E-state index in [0.717, 1.165) is 12.1 Å². The van der Waals surface area contributed by atoms with E-state index in [9.17, 15) is 18.0 Å². The van der Waals surface area contributed by atoms with Gasteiger partial charge in [0.1, 0.15) is 5.54 Å². The van der Waals surface area contributed by atoms with E-state index >= 15 is 0 Å². The van der Waals surface area contributed by atoms with Gasteiger partial charge in [0.2, 0.25) is 5.91 Å². The first-order chi connectivity index (χ1) is 13.2. The predicted octanol–water partition coefficient (Wildman–Crippen LogP) is 3.07. The number of alkyl halides is 3. The zero-order chi connectivity index (χ0) is 20.4. The minimum absolute atomic E-state index is 0.155. The van der Waals surface area contributed by atoms with Crippen LogP contribution in [0.4, 0.5) is 13.2 Å². The molecule has 1 aliphatic rings. The van der Waals surface area contributed by atoms with E-state index in [-0.39, 0.29) is 12.5 Å². The van der Waals surface area contributed by atoms with Gasteiger partial charge in [-0.05, 0) is 43.6 Å². The first kappa shape index (κ1) is 20.4. The van der Waals surface area contributed by atoms with Crippen molar-refractivity contribution in [3.8, 4) is 0 Å². The molecule has 1 aliphatic heterocycles. The average Bonchev–Trinajstić information content (AvgIpc) is 3.21. The minimum atomic E-state index is -4.39. The molecule has 152 valence electrons. The zero-order valence-electron chi connectivity index (χ0n) is 16.0. The largest absolute Gasteiger partial charge is 0.416 e. The Morgan fingerprint density at radius 3 is 2.50 bits per heavy atom. The highest BCUT2D eigenvalue weighted by atomic mass is 19.4. The van der Waals surface area contributed by atoms with Crippen molar-refractivity contribution < 1.29 is 18.0 Å². The zero-order valence-corrected chi connectivity index (χ0v) is 16.0. The van der Waals surface area contributed by atoms with Gasteiger partial charge in [-0.2, -0.15) is 18.3 Å². The van der Waals surface area contributed by atoms with Crippen molar-refractivity contribution in [3.05, 3.63) is 53.9 Å². The van der Waals surface area contributed by atoms with Crippen LogP contribution in [0.1, 0.15) is 37.8 Å². The summed E-state index contributed by atoms with van der Waals surface area (Å²) in [5, 5.41) is 10.5. The number of piperidine rings is 1. The van der Waals surface area contributed by atoms with Gasteiger partial charge >= 0.3 is 6.18 Å². The fourth-order valence-electron chi connectivity index (χ4n) is 3.61. The summed E-state index contributed by atoms with van der Waals surface area (Å²) < 4.78 is 40.8. The van der Waals surface area contributed by atoms with E-state index < -0.39 is 22.7 Å². The molecule has 28 heavy (non-hydrogen) atoms. The third kappa shape index (κ3) is 4.06. The quantitative estimate of drug-likeness (QED) is 0.820. The number of hydrogen-bond acceptors (Lipinski definition) is 3. The Kier molecular flexibility index (Phi) is 5.52. The third-order valence-corrected chi connectivity index (χ3v) is 5.46. The van der Waals surface area contributed by atoms with Gasteiger partial charge < -0.3 is 10.6 Å². The van der Waals surface area contributed by atoms with Crippen molar-refractivity contribution >= 4 is 5.91 Å². The lowest BCUT2D eigenvalue weighted by Gasteiger charge is -2.37. The predicted molar refractivity (Wildman–Crippen MR) is 99.8 cm³/mol. The normalized spacial score (nSPS) is 17.3. The summed E-state index contributed by atoms with van der Waals surface area (Å²) in [6.45, 7) is 5.27. The van der Waals surface area contributed by atoms with Crippen LogP contribution in [0.15, 0.2) is 42.7 Å². The molecule has 0 radical (unpaired) electrons. The molecule has 2 aromatic rings. The van der Waals surface area contributed by atoms with E-state index in [0.29, 0.717) is 31.5 Å². The van der Waals surface area contributed by atoms with Crippen LogP contribution in [0.2, 0.25) is 0 Å². The van der Waals surface area contributed by atoms with Crippen LogP contribution in [0.25, 0.3) is 0 Å². The van der Waals surface area contributed by atoms with Crippen molar-refractivity contribution in [1.29, 1.82) is 0 Å². The molecule has 3 rings (SSSR count). The van der Waals surface area contributed by atoms with Crippen LogP contribution in [0.5, 0.6) is 0 Å². The van der Waals surface area contributed by atoms with Crippen molar-refractivity contribution in [2.45, 2.75) is 43.8 Å². The smallest absolute Gasteiger partial charge is 0.353 e. The van der Waals surface area contributed by atoms with Crippen molar-refractivity contribution in [1.82, 2.24) is 20.4 Å². The second-order valence-corrected chi connectivity index (χ2v) is 7.88. The second kappa shape index (κ2) is 7.58. The molecular formula is C20H25F3N4O. The third-order valence-electron chi connectivity index (χ3n) is 5.46. The maximum Gasteiger partial charge on any atom is 0.416 e. The van der Waals surface area contributed by atoms with Gasteiger partial charge in [-0.15, -0.1) is 0 Å². The Balaban J connectivity index is 1.77. The summed E-state index contributed by atoms with van der Waals surface area (Å²) in [5.41, 5.74) is -1.59. The molecule has 1 aromatic heterocycles. The van der Waals surface area contributed by atoms with Gasteiger partial charge in [0.25, 0.3) is 0 Å². The first-order valence-electron chi connectivity index (χ1n) is 9.32. The van der Waals surface area contributed by atoms with Crippen LogP contribution in [0, 0.1) is 0 Å². The standard InChI is InChI=1S/C20H25F3N4O/c1-18(2,15-5-3-6-16(13-15)20(21,22)23)14-25-17(28)19(7-10-24-11-8-19)27-12-4-9-26-27/h3-6,9,12-13,24H,7-8,10-11,14H2,1-2H3,(H,25,28). The lowest BCUT2D eigenvalue weighted by Crippen LogP contribution is -2.56. The number of hydrogen-bond donors (Lipinski definition) is 2. The molecule has 2 heterocycles. The van der Waals surface area contributed by atoms with Crippen molar-refractivity contribution in [2.24, 2.45) is 0 Å². The molecule has 0 atom stereocenters. The van der Waals surface area contributed by atoms with Gasteiger partial charge in [0.15, 0.2) is 0 Å². The lowest BCUT2D eigenvalue weighted by molar-refractivity contribution is -0.137. The Hall–Kier alpha value is -2.35. The molecule has 1 amide bonds. The average molecular weight is 394 g/mol. The summed E-state index contributed by atoms with van der Waals surface area (Å²) in [7, 11) is 0. The van der Waals surface area contributed by atoms with Gasteiger partial charge in [-0.25, -0.2) is 0 Å². The number of benzene rings is 1. The Morgan fingerprint density at radius 1 is 1.21 bits per heavy atom. The van der Waals surface area contributed by atoms with Crippen LogP contribution in [-0.4, -0.2) is 35.3 Å². The van der Waals surface area contributed by atoms with Gasteiger partial charge in [0.05, 0.1) is 5.56 Å². The number of halogens is 3. The Bertz CT molecular complexity index is 809. The highest BCUT2D eigenvalue weighted by molar-refractivity contribution is 5.84. The first-order valence-corrected chi connectivity index (χ1v) is 9.32. The van der Waals surface area contributed by atoms with Crippen molar-refractivity contribution in [3.63, 3.8) is 0 Å². The molecule has 1 fully saturated rings. The number of rotatable bonds is 5. The summed E-state index contributed by atoms with van der Waals surface area (Å²) in [5.74, 6) is -0.155. The van der Waals surface area contributed by atoms with Crippen LogP contribution in [-0.2, 0) is 21.9 Å². The molecule has 8 heteroatoms. The summed E-state index contributed by atoms with van der Waals surface area (Å²) in [6, 6.07) is 7.05. The number of carbonyl (C=O) groups excluding carboxylic acids is 1.